The first kappa shape index (κ1) is 13.7. The molecule has 0 atom stereocenters. The predicted molar refractivity (Wildman–Crippen MR) is 73.5 cm³/mol. The second-order valence-corrected chi connectivity index (χ2v) is 5.25. The molecule has 6 nitrogen and oxygen atoms in total. The van der Waals surface area contributed by atoms with E-state index in [1.807, 2.05) is 31.4 Å². The normalized spacial score (nSPS) is 10.7. The maximum absolute atomic E-state index is 11.0. The molecule has 0 aliphatic rings. The van der Waals surface area contributed by atoms with Crippen molar-refractivity contribution in [3.05, 3.63) is 28.5 Å². The predicted octanol–water partition coefficient (Wildman–Crippen LogP) is 1.47. The van der Waals surface area contributed by atoms with Crippen LogP contribution in [0.2, 0.25) is 0 Å². The minimum absolute atomic E-state index is 0.352. The smallest absolute Gasteiger partial charge is 0.186 e. The summed E-state index contributed by atoms with van der Waals surface area (Å²) in [4.78, 5) is 18.0. The number of aromatic nitrogens is 3. The molecule has 0 amide bonds. The Balaban J connectivity index is 2.14. The van der Waals surface area contributed by atoms with E-state index >= 15 is 0 Å². The molecular formula is C12H16N4O2S. The van der Waals surface area contributed by atoms with Gasteiger partial charge in [0.15, 0.2) is 11.4 Å². The van der Waals surface area contributed by atoms with Crippen LogP contribution in [-0.4, -0.2) is 35.2 Å². The van der Waals surface area contributed by atoms with Crippen LogP contribution in [0.1, 0.15) is 20.9 Å². The number of rotatable bonds is 6. The van der Waals surface area contributed by atoms with E-state index in [1.165, 1.54) is 11.3 Å². The van der Waals surface area contributed by atoms with Crippen LogP contribution in [0.4, 0.5) is 5.13 Å². The van der Waals surface area contributed by atoms with Gasteiger partial charge in [0, 0.05) is 39.5 Å². The zero-order valence-electron chi connectivity index (χ0n) is 11.2. The first-order valence-corrected chi connectivity index (χ1v) is 6.58. The molecule has 0 N–H and O–H groups in total. The fourth-order valence-electron chi connectivity index (χ4n) is 1.74. The van der Waals surface area contributed by atoms with Gasteiger partial charge in [-0.2, -0.15) is 5.10 Å². The topological polar surface area (TPSA) is 60.2 Å². The molecule has 0 spiro atoms. The fourth-order valence-corrected chi connectivity index (χ4v) is 2.58. The SMILES string of the molecule is COCc1nc(N(C)Cc2cnn(C)c2)sc1C=O. The summed E-state index contributed by atoms with van der Waals surface area (Å²) < 4.78 is 6.80. The Hall–Kier alpha value is -1.73. The van der Waals surface area contributed by atoms with Crippen LogP contribution >= 0.6 is 11.3 Å². The van der Waals surface area contributed by atoms with Crippen molar-refractivity contribution < 1.29 is 9.53 Å². The van der Waals surface area contributed by atoms with Gasteiger partial charge in [-0.25, -0.2) is 4.98 Å². The van der Waals surface area contributed by atoms with Crippen LogP contribution in [0, 0.1) is 0 Å². The highest BCUT2D eigenvalue weighted by molar-refractivity contribution is 7.17. The molecule has 0 aliphatic heterocycles. The Morgan fingerprint density at radius 1 is 1.58 bits per heavy atom. The molecule has 0 saturated heterocycles. The maximum atomic E-state index is 11.0. The average Bonchev–Trinajstić information content (AvgIpc) is 2.96. The second kappa shape index (κ2) is 5.94. The monoisotopic (exact) mass is 280 g/mol. The summed E-state index contributed by atoms with van der Waals surface area (Å²) in [5, 5.41) is 4.93. The molecule has 0 radical (unpaired) electrons. The first-order valence-electron chi connectivity index (χ1n) is 5.76. The van der Waals surface area contributed by atoms with E-state index < -0.39 is 0 Å². The molecule has 0 aromatic carbocycles. The van der Waals surface area contributed by atoms with Gasteiger partial charge in [-0.15, -0.1) is 0 Å². The Bertz CT molecular complexity index is 564. The van der Waals surface area contributed by atoms with Crippen LogP contribution in [-0.2, 0) is 24.9 Å². The molecule has 2 heterocycles. The van der Waals surface area contributed by atoms with Gasteiger partial charge >= 0.3 is 0 Å². The van der Waals surface area contributed by atoms with Crippen molar-refractivity contribution in [2.24, 2.45) is 7.05 Å². The fraction of sp³-hybridized carbons (Fsp3) is 0.417. The summed E-state index contributed by atoms with van der Waals surface area (Å²) in [7, 11) is 5.41. The number of anilines is 1. The molecule has 7 heteroatoms. The van der Waals surface area contributed by atoms with Crippen molar-refractivity contribution in [2.75, 3.05) is 19.1 Å². The van der Waals surface area contributed by atoms with E-state index in [-0.39, 0.29) is 0 Å². The molecule has 19 heavy (non-hydrogen) atoms. The van der Waals surface area contributed by atoms with E-state index in [2.05, 4.69) is 10.1 Å². The second-order valence-electron chi connectivity index (χ2n) is 4.24. The van der Waals surface area contributed by atoms with E-state index in [0.29, 0.717) is 23.7 Å². The summed E-state index contributed by atoms with van der Waals surface area (Å²) in [5.41, 5.74) is 1.79. The van der Waals surface area contributed by atoms with Crippen LogP contribution in [0.3, 0.4) is 0 Å². The summed E-state index contributed by atoms with van der Waals surface area (Å²) in [5.74, 6) is 0. The third kappa shape index (κ3) is 3.18. The van der Waals surface area contributed by atoms with E-state index in [0.717, 1.165) is 17.0 Å². The number of carbonyl (C=O) groups is 1. The van der Waals surface area contributed by atoms with Crippen LogP contribution < -0.4 is 4.90 Å². The van der Waals surface area contributed by atoms with Gasteiger partial charge in [0.05, 0.1) is 23.4 Å². The van der Waals surface area contributed by atoms with Crippen molar-refractivity contribution >= 4 is 22.8 Å². The molecule has 0 bridgehead atoms. The third-order valence-corrected chi connectivity index (χ3v) is 3.75. The first-order chi connectivity index (χ1) is 9.13. The summed E-state index contributed by atoms with van der Waals surface area (Å²) in [6.45, 7) is 1.05. The van der Waals surface area contributed by atoms with Gasteiger partial charge < -0.3 is 9.64 Å². The van der Waals surface area contributed by atoms with Crippen LogP contribution in [0.25, 0.3) is 0 Å². The molecular weight excluding hydrogens is 264 g/mol. The van der Waals surface area contributed by atoms with Crippen molar-refractivity contribution in [1.82, 2.24) is 14.8 Å². The standard InChI is InChI=1S/C12H16N4O2S/c1-15(5-9-4-13-16(2)6-9)12-14-10(8-18-3)11(7-17)19-12/h4,6-7H,5,8H2,1-3H3. The summed E-state index contributed by atoms with van der Waals surface area (Å²) >= 11 is 1.37. The lowest BCUT2D eigenvalue weighted by atomic mass is 10.3. The van der Waals surface area contributed by atoms with Crippen molar-refractivity contribution in [3.63, 3.8) is 0 Å². The number of hydrogen-bond donors (Lipinski definition) is 0. The van der Waals surface area contributed by atoms with Gasteiger partial charge in [0.1, 0.15) is 0 Å². The number of methoxy groups -OCH3 is 1. The lowest BCUT2D eigenvalue weighted by molar-refractivity contribution is 0.112. The molecule has 0 aliphatic carbocycles. The number of carbonyl (C=O) groups excluding carboxylic acids is 1. The highest BCUT2D eigenvalue weighted by Gasteiger charge is 2.14. The molecule has 0 fully saturated rings. The quantitative estimate of drug-likeness (QED) is 0.750. The third-order valence-electron chi connectivity index (χ3n) is 2.61. The van der Waals surface area contributed by atoms with Gasteiger partial charge in [-0.05, 0) is 0 Å². The van der Waals surface area contributed by atoms with Gasteiger partial charge in [0.25, 0.3) is 0 Å². The largest absolute Gasteiger partial charge is 0.378 e. The van der Waals surface area contributed by atoms with Crippen LogP contribution in [0.5, 0.6) is 0 Å². The van der Waals surface area contributed by atoms with Gasteiger partial charge in [-0.1, -0.05) is 11.3 Å². The molecule has 2 aromatic heterocycles. The molecule has 0 unspecified atom stereocenters. The number of aryl methyl sites for hydroxylation is 1. The average molecular weight is 280 g/mol. The van der Waals surface area contributed by atoms with Crippen molar-refractivity contribution in [2.45, 2.75) is 13.2 Å². The summed E-state index contributed by atoms with van der Waals surface area (Å²) in [6.07, 6.45) is 4.61. The van der Waals surface area contributed by atoms with Gasteiger partial charge in [0.2, 0.25) is 0 Å². The maximum Gasteiger partial charge on any atom is 0.186 e. The van der Waals surface area contributed by atoms with Gasteiger partial charge in [-0.3, -0.25) is 9.48 Å². The lowest BCUT2D eigenvalue weighted by Crippen LogP contribution is -2.15. The number of aldehydes is 1. The molecule has 2 aromatic rings. The minimum Gasteiger partial charge on any atom is -0.378 e. The van der Waals surface area contributed by atoms with E-state index in [1.54, 1.807) is 11.8 Å². The Morgan fingerprint density at radius 2 is 2.37 bits per heavy atom. The Morgan fingerprint density at radius 3 is 2.95 bits per heavy atom. The van der Waals surface area contributed by atoms with E-state index in [9.17, 15) is 4.79 Å². The number of ether oxygens (including phenoxy) is 1. The van der Waals surface area contributed by atoms with Crippen LogP contribution in [0.15, 0.2) is 12.4 Å². The molecule has 2 rings (SSSR count). The minimum atomic E-state index is 0.352. The summed E-state index contributed by atoms with van der Waals surface area (Å²) in [6, 6.07) is 0. The Labute approximate surface area is 115 Å². The Kier molecular flexibility index (Phi) is 4.28. The zero-order valence-corrected chi connectivity index (χ0v) is 12.0. The number of nitrogens with zero attached hydrogens (tertiary/aromatic N) is 4. The van der Waals surface area contributed by atoms with Crippen molar-refractivity contribution in [1.29, 1.82) is 0 Å². The van der Waals surface area contributed by atoms with E-state index in [4.69, 9.17) is 4.74 Å². The lowest BCUT2D eigenvalue weighted by Gasteiger charge is -2.13. The number of thiazole rings is 1. The molecule has 102 valence electrons. The highest BCUT2D eigenvalue weighted by atomic mass is 32.1. The number of hydrogen-bond acceptors (Lipinski definition) is 6. The highest BCUT2D eigenvalue weighted by Crippen LogP contribution is 2.25. The van der Waals surface area contributed by atoms with Crippen molar-refractivity contribution in [3.8, 4) is 0 Å². The zero-order chi connectivity index (χ0) is 13.8. The molecule has 0 saturated carbocycles.